The molecule has 0 fully saturated rings. The average Bonchev–Trinajstić information content (AvgIpc) is 2.98. The summed E-state index contributed by atoms with van der Waals surface area (Å²) in [6, 6.07) is 14.2. The molecule has 3 aromatic rings. The lowest BCUT2D eigenvalue weighted by Crippen LogP contribution is -2.15. The molecule has 0 aliphatic carbocycles. The van der Waals surface area contributed by atoms with Crippen molar-refractivity contribution >= 4 is 28.9 Å². The van der Waals surface area contributed by atoms with Gasteiger partial charge in [0, 0.05) is 23.4 Å². The van der Waals surface area contributed by atoms with Crippen molar-refractivity contribution in [3.05, 3.63) is 64.9 Å². The van der Waals surface area contributed by atoms with Crippen LogP contribution in [0.2, 0.25) is 5.02 Å². The second kappa shape index (κ2) is 7.10. The summed E-state index contributed by atoms with van der Waals surface area (Å²) < 4.78 is 1.57. The normalized spacial score (nSPS) is 10.4. The van der Waals surface area contributed by atoms with E-state index in [1.54, 1.807) is 42.1 Å². The highest BCUT2D eigenvalue weighted by atomic mass is 35.5. The molecule has 3 rings (SSSR count). The Morgan fingerprint density at radius 1 is 1.21 bits per heavy atom. The highest BCUT2D eigenvalue weighted by molar-refractivity contribution is 6.31. The smallest absolute Gasteiger partial charge is 0.257 e. The maximum atomic E-state index is 12.5. The number of nitrogens with zero attached hydrogens (tertiary/aromatic N) is 4. The number of hydrogen-bond acceptors (Lipinski definition) is 5. The number of para-hydroxylation sites is 1. The topological polar surface area (TPSA) is 84.7 Å². The minimum Gasteiger partial charge on any atom is -0.377 e. The van der Waals surface area contributed by atoms with Crippen LogP contribution in [0.1, 0.15) is 16.2 Å². The molecule has 8 heteroatoms. The molecule has 0 radical (unpaired) electrons. The summed E-state index contributed by atoms with van der Waals surface area (Å²) in [5.74, 6) is 0.441. The molecule has 0 saturated carbocycles. The lowest BCUT2D eigenvalue weighted by atomic mass is 10.1. The molecule has 0 saturated heterocycles. The standard InChI is InChI=1S/C16H15ClN6O/c1-23-15(20-21-22-23)10-18-14-8-3-2-7-13(14)16(24)19-12-6-4-5-11(17)9-12/h2-9,18H,10H2,1H3,(H,19,24). The summed E-state index contributed by atoms with van der Waals surface area (Å²) in [5.41, 5.74) is 1.85. The summed E-state index contributed by atoms with van der Waals surface area (Å²) in [6.45, 7) is 0.408. The number of carbonyl (C=O) groups is 1. The molecule has 0 spiro atoms. The first-order valence-corrected chi connectivity index (χ1v) is 7.62. The zero-order valence-electron chi connectivity index (χ0n) is 12.9. The van der Waals surface area contributed by atoms with E-state index in [0.29, 0.717) is 34.3 Å². The van der Waals surface area contributed by atoms with Crippen molar-refractivity contribution < 1.29 is 4.79 Å². The summed E-state index contributed by atoms with van der Waals surface area (Å²) in [5, 5.41) is 17.9. The third kappa shape index (κ3) is 3.69. The van der Waals surface area contributed by atoms with Gasteiger partial charge in [-0.15, -0.1) is 5.10 Å². The number of anilines is 2. The van der Waals surface area contributed by atoms with E-state index in [1.165, 1.54) is 0 Å². The van der Waals surface area contributed by atoms with Gasteiger partial charge >= 0.3 is 0 Å². The van der Waals surface area contributed by atoms with E-state index in [2.05, 4.69) is 26.2 Å². The van der Waals surface area contributed by atoms with E-state index < -0.39 is 0 Å². The Bertz CT molecular complexity index is 863. The number of rotatable bonds is 5. The first kappa shape index (κ1) is 15.9. The molecule has 7 nitrogen and oxygen atoms in total. The summed E-state index contributed by atoms with van der Waals surface area (Å²) in [7, 11) is 1.76. The van der Waals surface area contributed by atoms with Gasteiger partial charge in [0.05, 0.1) is 12.1 Å². The highest BCUT2D eigenvalue weighted by Gasteiger charge is 2.12. The first-order chi connectivity index (χ1) is 11.6. The second-order valence-electron chi connectivity index (χ2n) is 5.08. The molecule has 1 aromatic heterocycles. The molecule has 0 unspecified atom stereocenters. The average molecular weight is 343 g/mol. The van der Waals surface area contributed by atoms with Crippen molar-refractivity contribution in [1.82, 2.24) is 20.2 Å². The van der Waals surface area contributed by atoms with Crippen molar-refractivity contribution in [2.24, 2.45) is 7.05 Å². The fourth-order valence-electron chi connectivity index (χ4n) is 2.17. The Kier molecular flexibility index (Phi) is 4.72. The third-order valence-corrected chi connectivity index (χ3v) is 3.63. The molecule has 1 amide bonds. The fraction of sp³-hybridized carbons (Fsp3) is 0.125. The van der Waals surface area contributed by atoms with Crippen LogP contribution in [0.15, 0.2) is 48.5 Å². The van der Waals surface area contributed by atoms with Gasteiger partial charge in [-0.05, 0) is 40.8 Å². The number of halogens is 1. The summed E-state index contributed by atoms with van der Waals surface area (Å²) in [4.78, 5) is 12.5. The molecule has 24 heavy (non-hydrogen) atoms. The molecule has 0 aliphatic heterocycles. The van der Waals surface area contributed by atoms with E-state index in [1.807, 2.05) is 18.2 Å². The molecule has 1 heterocycles. The number of carbonyl (C=O) groups excluding carboxylic acids is 1. The molecule has 2 aromatic carbocycles. The van der Waals surface area contributed by atoms with Crippen molar-refractivity contribution in [3.8, 4) is 0 Å². The minimum absolute atomic E-state index is 0.226. The quantitative estimate of drug-likeness (QED) is 0.744. The summed E-state index contributed by atoms with van der Waals surface area (Å²) in [6.07, 6.45) is 0. The van der Waals surface area contributed by atoms with Crippen LogP contribution in [0.5, 0.6) is 0 Å². The molecule has 2 N–H and O–H groups in total. The van der Waals surface area contributed by atoms with Crippen LogP contribution in [0.25, 0.3) is 0 Å². The zero-order valence-corrected chi connectivity index (χ0v) is 13.7. The second-order valence-corrected chi connectivity index (χ2v) is 5.52. The maximum absolute atomic E-state index is 12.5. The number of aryl methyl sites for hydroxylation is 1. The van der Waals surface area contributed by atoms with Crippen LogP contribution in [-0.2, 0) is 13.6 Å². The highest BCUT2D eigenvalue weighted by Crippen LogP contribution is 2.20. The molecule has 122 valence electrons. The molecule has 0 atom stereocenters. The van der Waals surface area contributed by atoms with Crippen molar-refractivity contribution in [3.63, 3.8) is 0 Å². The first-order valence-electron chi connectivity index (χ1n) is 7.24. The van der Waals surface area contributed by atoms with E-state index >= 15 is 0 Å². The van der Waals surface area contributed by atoms with E-state index in [0.717, 1.165) is 0 Å². The van der Waals surface area contributed by atoms with Gasteiger partial charge in [0.15, 0.2) is 5.82 Å². The van der Waals surface area contributed by atoms with E-state index in [-0.39, 0.29) is 5.91 Å². The number of aromatic nitrogens is 4. The van der Waals surface area contributed by atoms with Crippen LogP contribution in [0.3, 0.4) is 0 Å². The van der Waals surface area contributed by atoms with Gasteiger partial charge in [-0.3, -0.25) is 4.79 Å². The van der Waals surface area contributed by atoms with Crippen molar-refractivity contribution in [2.75, 3.05) is 10.6 Å². The van der Waals surface area contributed by atoms with E-state index in [4.69, 9.17) is 11.6 Å². The third-order valence-electron chi connectivity index (χ3n) is 3.40. The van der Waals surface area contributed by atoms with Gasteiger partial charge in [-0.2, -0.15) is 0 Å². The molecular formula is C16H15ClN6O. The summed E-state index contributed by atoms with van der Waals surface area (Å²) >= 11 is 5.94. The van der Waals surface area contributed by atoms with Crippen LogP contribution in [-0.4, -0.2) is 26.1 Å². The molecule has 0 bridgehead atoms. The van der Waals surface area contributed by atoms with Gasteiger partial charge in [0.1, 0.15) is 0 Å². The largest absolute Gasteiger partial charge is 0.377 e. The van der Waals surface area contributed by atoms with Gasteiger partial charge in [0.2, 0.25) is 0 Å². The minimum atomic E-state index is -0.226. The molecule has 0 aliphatic rings. The number of nitrogens with one attached hydrogen (secondary N) is 2. The Labute approximate surface area is 143 Å². The van der Waals surface area contributed by atoms with E-state index in [9.17, 15) is 4.79 Å². The predicted octanol–water partition coefficient (Wildman–Crippen LogP) is 2.73. The fourth-order valence-corrected chi connectivity index (χ4v) is 2.36. The van der Waals surface area contributed by atoms with Gasteiger partial charge < -0.3 is 10.6 Å². The number of hydrogen-bond donors (Lipinski definition) is 2. The predicted molar refractivity (Wildman–Crippen MR) is 92.0 cm³/mol. The monoisotopic (exact) mass is 342 g/mol. The Morgan fingerprint density at radius 3 is 2.79 bits per heavy atom. The number of amides is 1. The Balaban J connectivity index is 1.75. The van der Waals surface area contributed by atoms with Gasteiger partial charge in [0.25, 0.3) is 5.91 Å². The van der Waals surface area contributed by atoms with Crippen molar-refractivity contribution in [2.45, 2.75) is 6.54 Å². The molecular weight excluding hydrogens is 328 g/mol. The maximum Gasteiger partial charge on any atom is 0.257 e. The van der Waals surface area contributed by atoms with Crippen LogP contribution in [0.4, 0.5) is 11.4 Å². The van der Waals surface area contributed by atoms with Crippen LogP contribution >= 0.6 is 11.6 Å². The van der Waals surface area contributed by atoms with Crippen molar-refractivity contribution in [1.29, 1.82) is 0 Å². The lowest BCUT2D eigenvalue weighted by Gasteiger charge is -2.12. The Morgan fingerprint density at radius 2 is 2.04 bits per heavy atom. The number of tetrazole rings is 1. The van der Waals surface area contributed by atoms with Crippen LogP contribution in [0, 0.1) is 0 Å². The van der Waals surface area contributed by atoms with Gasteiger partial charge in [-0.25, -0.2) is 4.68 Å². The van der Waals surface area contributed by atoms with Gasteiger partial charge in [-0.1, -0.05) is 29.8 Å². The van der Waals surface area contributed by atoms with Crippen LogP contribution < -0.4 is 10.6 Å². The zero-order chi connectivity index (χ0) is 16.9. The SMILES string of the molecule is Cn1nnnc1CNc1ccccc1C(=O)Nc1cccc(Cl)c1. The Hall–Kier alpha value is -2.93. The lowest BCUT2D eigenvalue weighted by molar-refractivity contribution is 0.102. The number of benzene rings is 2.